The summed E-state index contributed by atoms with van der Waals surface area (Å²) in [6, 6.07) is 19.8. The molecule has 0 fully saturated rings. The molecule has 14 heteroatoms. The third-order valence-electron chi connectivity index (χ3n) is 6.66. The van der Waals surface area contributed by atoms with Crippen LogP contribution in [-0.4, -0.2) is 30.7 Å². The van der Waals surface area contributed by atoms with Crippen LogP contribution in [0, 0.1) is 5.82 Å². The van der Waals surface area contributed by atoms with Gasteiger partial charge in [-0.15, -0.1) is 13.2 Å². The number of amides is 1. The molecule has 0 saturated heterocycles. The number of rotatable bonds is 11. The highest BCUT2D eigenvalue weighted by Crippen LogP contribution is 2.41. The van der Waals surface area contributed by atoms with Crippen LogP contribution in [0.4, 0.5) is 39.5 Å². The fourth-order valence-corrected chi connectivity index (χ4v) is 4.71. The Morgan fingerprint density at radius 3 is 1.96 bits per heavy atom. The van der Waals surface area contributed by atoms with Crippen molar-refractivity contribution in [3.63, 3.8) is 0 Å². The maximum Gasteiger partial charge on any atom is 0.573 e. The molecule has 1 amide bonds. The molecule has 4 aromatic rings. The van der Waals surface area contributed by atoms with Gasteiger partial charge in [0.15, 0.2) is 11.6 Å². The van der Waals surface area contributed by atoms with Crippen molar-refractivity contribution in [3.8, 4) is 17.2 Å². The van der Waals surface area contributed by atoms with Gasteiger partial charge in [-0.2, -0.15) is 22.0 Å². The van der Waals surface area contributed by atoms with Crippen LogP contribution in [0.3, 0.4) is 0 Å². The second-order valence-electron chi connectivity index (χ2n) is 10.6. The summed E-state index contributed by atoms with van der Waals surface area (Å²) in [6.07, 6.45) is -17.5. The van der Waals surface area contributed by atoms with Crippen LogP contribution in [0.5, 0.6) is 17.2 Å². The molecule has 1 atom stereocenters. The van der Waals surface area contributed by atoms with Crippen molar-refractivity contribution in [2.45, 2.75) is 50.6 Å². The molecule has 0 saturated carbocycles. The zero-order valence-electron chi connectivity index (χ0n) is 24.6. The molecule has 0 unspecified atom stereocenters. The first kappa shape index (κ1) is 35.0. The lowest BCUT2D eigenvalue weighted by Crippen LogP contribution is -2.48. The fraction of sp³-hybridized carbons (Fsp3) is 0.242. The van der Waals surface area contributed by atoms with Gasteiger partial charge < -0.3 is 19.5 Å². The summed E-state index contributed by atoms with van der Waals surface area (Å²) in [5.41, 5.74) is -1.76. The first-order valence-electron chi connectivity index (χ1n) is 13.8. The van der Waals surface area contributed by atoms with Gasteiger partial charge in [0.1, 0.15) is 11.5 Å². The average molecular weight is 672 g/mol. The van der Waals surface area contributed by atoms with Crippen LogP contribution < -0.4 is 19.5 Å². The van der Waals surface area contributed by atoms with Crippen LogP contribution in [0.1, 0.15) is 40.9 Å². The SMILES string of the molecule is CC(C)Oc1cc([C@](Cc2ccccc2)(NC(=O)c2cccc(OC(F)(F)F)c2)c2cccc(OC(F)(F)C(F)(F)F)c2)ccc1F. The minimum Gasteiger partial charge on any atom is -0.488 e. The van der Waals surface area contributed by atoms with E-state index in [4.69, 9.17) is 4.74 Å². The maximum absolute atomic E-state index is 14.9. The highest BCUT2D eigenvalue weighted by Gasteiger charge is 2.61. The highest BCUT2D eigenvalue weighted by molar-refractivity contribution is 5.95. The predicted octanol–water partition coefficient (Wildman–Crippen LogP) is 8.96. The first-order chi connectivity index (χ1) is 21.9. The summed E-state index contributed by atoms with van der Waals surface area (Å²) in [5.74, 6) is -3.74. The Morgan fingerprint density at radius 2 is 1.34 bits per heavy atom. The molecule has 250 valence electrons. The van der Waals surface area contributed by atoms with Crippen molar-refractivity contribution in [3.05, 3.63) is 125 Å². The predicted molar refractivity (Wildman–Crippen MR) is 152 cm³/mol. The Hall–Kier alpha value is -4.88. The van der Waals surface area contributed by atoms with Gasteiger partial charge in [-0.3, -0.25) is 4.79 Å². The zero-order chi connectivity index (χ0) is 34.6. The number of nitrogens with one attached hydrogen (secondary N) is 1. The van der Waals surface area contributed by atoms with E-state index in [1.165, 1.54) is 24.3 Å². The molecular weight excluding hydrogens is 645 g/mol. The minimum absolute atomic E-state index is 0.0779. The molecule has 0 aliphatic rings. The van der Waals surface area contributed by atoms with Gasteiger partial charge in [-0.25, -0.2) is 4.39 Å². The monoisotopic (exact) mass is 671 g/mol. The normalized spacial score (nSPS) is 13.5. The summed E-state index contributed by atoms with van der Waals surface area (Å²) in [7, 11) is 0. The van der Waals surface area contributed by atoms with Crippen molar-refractivity contribution in [2.24, 2.45) is 0 Å². The number of hydrogen-bond donors (Lipinski definition) is 1. The molecule has 0 radical (unpaired) electrons. The van der Waals surface area contributed by atoms with Crippen molar-refractivity contribution in [1.82, 2.24) is 5.32 Å². The zero-order valence-corrected chi connectivity index (χ0v) is 24.6. The van der Waals surface area contributed by atoms with Gasteiger partial charge in [-0.05, 0) is 73.0 Å². The van der Waals surface area contributed by atoms with E-state index in [-0.39, 0.29) is 28.9 Å². The second kappa shape index (κ2) is 13.5. The lowest BCUT2D eigenvalue weighted by molar-refractivity contribution is -0.360. The van der Waals surface area contributed by atoms with Gasteiger partial charge in [0.25, 0.3) is 5.91 Å². The van der Waals surface area contributed by atoms with E-state index in [0.717, 1.165) is 42.5 Å². The maximum atomic E-state index is 14.9. The molecule has 0 aliphatic heterocycles. The van der Waals surface area contributed by atoms with Crippen molar-refractivity contribution >= 4 is 5.91 Å². The van der Waals surface area contributed by atoms with E-state index in [2.05, 4.69) is 14.8 Å². The molecule has 1 N–H and O–H groups in total. The molecule has 0 spiro atoms. The molecule has 0 aliphatic carbocycles. The molecule has 0 aromatic heterocycles. The Labute approximate surface area is 262 Å². The number of alkyl halides is 8. The number of benzene rings is 4. The third-order valence-corrected chi connectivity index (χ3v) is 6.66. The highest BCUT2D eigenvalue weighted by atomic mass is 19.4. The summed E-state index contributed by atoms with van der Waals surface area (Å²) >= 11 is 0. The Bertz CT molecular complexity index is 1690. The molecular formula is C33H26F9NO4. The quantitative estimate of drug-likeness (QED) is 0.162. The van der Waals surface area contributed by atoms with Crippen LogP contribution in [0.25, 0.3) is 0 Å². The van der Waals surface area contributed by atoms with E-state index in [0.29, 0.717) is 5.56 Å². The minimum atomic E-state index is -6.07. The van der Waals surface area contributed by atoms with Crippen LogP contribution in [-0.2, 0) is 12.0 Å². The Kier molecular flexibility index (Phi) is 10.0. The smallest absolute Gasteiger partial charge is 0.488 e. The molecule has 0 heterocycles. The van der Waals surface area contributed by atoms with Crippen LogP contribution in [0.15, 0.2) is 97.1 Å². The van der Waals surface area contributed by atoms with E-state index in [1.807, 2.05) is 0 Å². The summed E-state index contributed by atoms with van der Waals surface area (Å²) in [5, 5.41) is 2.72. The van der Waals surface area contributed by atoms with Crippen molar-refractivity contribution in [2.75, 3.05) is 0 Å². The van der Waals surface area contributed by atoms with Gasteiger partial charge in [0.2, 0.25) is 0 Å². The Morgan fingerprint density at radius 1 is 0.723 bits per heavy atom. The Balaban J connectivity index is 1.95. The third kappa shape index (κ3) is 8.69. The lowest BCUT2D eigenvalue weighted by atomic mass is 9.77. The molecule has 5 nitrogen and oxygen atoms in total. The second-order valence-corrected chi connectivity index (χ2v) is 10.6. The van der Waals surface area contributed by atoms with E-state index >= 15 is 0 Å². The van der Waals surface area contributed by atoms with E-state index in [1.54, 1.807) is 44.2 Å². The van der Waals surface area contributed by atoms with E-state index in [9.17, 15) is 44.3 Å². The number of hydrogen-bond acceptors (Lipinski definition) is 4. The first-order valence-corrected chi connectivity index (χ1v) is 13.8. The van der Waals surface area contributed by atoms with Crippen molar-refractivity contribution in [1.29, 1.82) is 0 Å². The molecule has 47 heavy (non-hydrogen) atoms. The number of ether oxygens (including phenoxy) is 3. The largest absolute Gasteiger partial charge is 0.573 e. The van der Waals surface area contributed by atoms with E-state index < -0.39 is 53.5 Å². The summed E-state index contributed by atoms with van der Waals surface area (Å²) in [4.78, 5) is 13.8. The standard InChI is InChI=1S/C33H26F9NO4/c1-20(2)45-28-18-24(14-15-27(28)34)30(19-21-8-4-3-5-9-21,23-11-7-13-26(17-23)46-32(38,39)31(35,36)37)43-29(44)22-10-6-12-25(16-22)47-33(40,41)42/h3-18,20H,19H2,1-2H3,(H,43,44)/t30-/m1/s1. The molecule has 4 rings (SSSR count). The van der Waals surface area contributed by atoms with Crippen LogP contribution in [0.2, 0.25) is 0 Å². The van der Waals surface area contributed by atoms with Gasteiger partial charge in [0.05, 0.1) is 11.6 Å². The summed E-state index contributed by atoms with van der Waals surface area (Å²) < 4.78 is 134. The average Bonchev–Trinajstić information content (AvgIpc) is 2.97. The number of halogens is 9. The number of carbonyl (C=O) groups excluding carboxylic acids is 1. The summed E-state index contributed by atoms with van der Waals surface area (Å²) in [6.45, 7) is 3.23. The molecule has 4 aromatic carbocycles. The van der Waals surface area contributed by atoms with Gasteiger partial charge >= 0.3 is 18.6 Å². The van der Waals surface area contributed by atoms with Gasteiger partial charge in [0, 0.05) is 12.0 Å². The van der Waals surface area contributed by atoms with Crippen molar-refractivity contribution < 1.29 is 58.5 Å². The molecule has 0 bridgehead atoms. The number of carbonyl (C=O) groups is 1. The van der Waals surface area contributed by atoms with Gasteiger partial charge in [-0.1, -0.05) is 54.6 Å². The van der Waals surface area contributed by atoms with Crippen LogP contribution >= 0.6 is 0 Å². The lowest BCUT2D eigenvalue weighted by Gasteiger charge is -2.37. The topological polar surface area (TPSA) is 56.8 Å². The fourth-order valence-electron chi connectivity index (χ4n) is 4.71.